The van der Waals surface area contributed by atoms with Crippen LogP contribution >= 0.6 is 0 Å². The minimum absolute atomic E-state index is 0.162. The number of hydrogen-bond donors (Lipinski definition) is 0. The zero-order chi connectivity index (χ0) is 5.98. The van der Waals surface area contributed by atoms with Crippen molar-refractivity contribution >= 4 is 26.5 Å². The summed E-state index contributed by atoms with van der Waals surface area (Å²) in [5.41, 5.74) is 0. The molecule has 0 aliphatic carbocycles. The number of aliphatic imine (C=N–C) groups is 1. The Morgan fingerprint density at radius 2 is 2.50 bits per heavy atom. The van der Waals surface area contributed by atoms with E-state index in [-0.39, 0.29) is 5.91 Å². The zero-order valence-corrected chi connectivity index (χ0v) is 5.84. The first-order valence-corrected chi connectivity index (χ1v) is 3.10. The van der Waals surface area contributed by atoms with Crippen LogP contribution in [0, 0.1) is 0 Å². The molecule has 41 valence electrons. The van der Waals surface area contributed by atoms with E-state index in [2.05, 4.69) is 21.0 Å². The number of dihydropyridines is 1. The molecule has 1 aliphatic heterocycles. The van der Waals surface area contributed by atoms with E-state index < -0.39 is 0 Å². The number of allylic oxidation sites excluding steroid dienone is 1. The fraction of sp³-hybridized carbons (Fsp3) is 0.200. The number of carbonyl (C=O) groups is 1. The van der Waals surface area contributed by atoms with Crippen LogP contribution in [0.15, 0.2) is 17.1 Å². The Morgan fingerprint density at radius 1 is 1.75 bits per heavy atom. The number of rotatable bonds is 0. The number of nitrogens with zero attached hydrogens (tertiary/aromatic N) is 1. The van der Waals surface area contributed by atoms with E-state index in [1.54, 1.807) is 6.08 Å². The van der Waals surface area contributed by atoms with Gasteiger partial charge in [-0.3, -0.25) is 0 Å². The van der Waals surface area contributed by atoms with Gasteiger partial charge >= 0.3 is 54.9 Å². The number of carbonyl (C=O) groups excluding carboxylic acids is 1. The third-order valence-corrected chi connectivity index (χ3v) is 1.33. The second-order valence-electron chi connectivity index (χ2n) is 1.45. The van der Waals surface area contributed by atoms with Crippen molar-refractivity contribution in [1.29, 1.82) is 0 Å². The topological polar surface area (TPSA) is 29.4 Å². The van der Waals surface area contributed by atoms with Gasteiger partial charge in [0.1, 0.15) is 0 Å². The van der Waals surface area contributed by atoms with Crippen LogP contribution in [-0.2, 0) is 4.79 Å². The second-order valence-corrected chi connectivity index (χ2v) is 2.44. The van der Waals surface area contributed by atoms with Crippen molar-refractivity contribution in [2.75, 3.05) is 0 Å². The molecule has 0 saturated carbocycles. The van der Waals surface area contributed by atoms with Crippen LogP contribution in [0.25, 0.3) is 0 Å². The van der Waals surface area contributed by atoms with Gasteiger partial charge in [0, 0.05) is 0 Å². The maximum atomic E-state index is 10.4. The van der Waals surface area contributed by atoms with Crippen molar-refractivity contribution in [2.45, 2.75) is 6.42 Å². The summed E-state index contributed by atoms with van der Waals surface area (Å²) >= 11 is 2.69. The molecule has 0 aromatic carbocycles. The van der Waals surface area contributed by atoms with Gasteiger partial charge in [-0.05, 0) is 0 Å². The zero-order valence-electron chi connectivity index (χ0n) is 4.13. The normalized spacial score (nSPS) is 18.5. The van der Waals surface area contributed by atoms with E-state index in [1.165, 1.54) is 6.08 Å². The summed E-state index contributed by atoms with van der Waals surface area (Å²) in [5.74, 6) is -0.162. The Hall–Kier alpha value is -0.401. The fourth-order valence-corrected chi connectivity index (χ4v) is 0.857. The van der Waals surface area contributed by atoms with Gasteiger partial charge in [-0.1, -0.05) is 0 Å². The Labute approximate surface area is 55.5 Å². The molecular formula is C5H4NOSe. The van der Waals surface area contributed by atoms with Crippen LogP contribution in [0.1, 0.15) is 6.42 Å². The van der Waals surface area contributed by atoms with Gasteiger partial charge < -0.3 is 0 Å². The molecule has 0 atom stereocenters. The molecule has 3 heteroatoms. The Balaban J connectivity index is 2.74. The summed E-state index contributed by atoms with van der Waals surface area (Å²) in [6.07, 6.45) is 4.04. The molecule has 0 unspecified atom stereocenters. The molecule has 0 fully saturated rings. The molecule has 2 nitrogen and oxygen atoms in total. The standard InChI is InChI=1S/C5H4NOSe/c7-4-2-1-3-5(8)6-4/h1-2H,3H2. The Morgan fingerprint density at radius 3 is 2.88 bits per heavy atom. The molecule has 0 N–H and O–H groups in total. The van der Waals surface area contributed by atoms with E-state index >= 15 is 0 Å². The van der Waals surface area contributed by atoms with Gasteiger partial charge in [0.15, 0.2) is 0 Å². The molecule has 1 radical (unpaired) electrons. The van der Waals surface area contributed by atoms with Crippen LogP contribution in [0.2, 0.25) is 0 Å². The van der Waals surface area contributed by atoms with E-state index in [9.17, 15) is 4.79 Å². The van der Waals surface area contributed by atoms with E-state index in [1.807, 2.05) is 0 Å². The molecule has 1 aliphatic rings. The SMILES string of the molecule is O=C1C=CCC([Se])=N1. The van der Waals surface area contributed by atoms with Crippen LogP contribution in [0.5, 0.6) is 0 Å². The molecule has 0 aromatic rings. The average molecular weight is 173 g/mol. The predicted octanol–water partition coefficient (Wildman–Crippen LogP) is 0.0399. The van der Waals surface area contributed by atoms with Gasteiger partial charge in [-0.15, -0.1) is 0 Å². The summed E-state index contributed by atoms with van der Waals surface area (Å²) in [7, 11) is 0. The summed E-state index contributed by atoms with van der Waals surface area (Å²) in [5, 5.41) is 0. The predicted molar refractivity (Wildman–Crippen MR) is 32.0 cm³/mol. The third kappa shape index (κ3) is 1.29. The Kier molecular flexibility index (Phi) is 1.61. The molecule has 1 amide bonds. The first-order chi connectivity index (χ1) is 3.79. The van der Waals surface area contributed by atoms with Gasteiger partial charge in [0.2, 0.25) is 0 Å². The van der Waals surface area contributed by atoms with E-state index in [0.717, 1.165) is 11.0 Å². The summed E-state index contributed by atoms with van der Waals surface area (Å²) in [4.78, 5) is 14.0. The molecule has 1 heterocycles. The number of amides is 1. The van der Waals surface area contributed by atoms with Crippen molar-refractivity contribution in [1.82, 2.24) is 0 Å². The second kappa shape index (κ2) is 2.25. The first-order valence-electron chi connectivity index (χ1n) is 2.24. The molecule has 0 bridgehead atoms. The summed E-state index contributed by atoms with van der Waals surface area (Å²) < 4.78 is 0.775. The molecule has 0 spiro atoms. The van der Waals surface area contributed by atoms with Gasteiger partial charge in [-0.2, -0.15) is 0 Å². The van der Waals surface area contributed by atoms with Crippen molar-refractivity contribution in [3.8, 4) is 0 Å². The molecule has 8 heavy (non-hydrogen) atoms. The van der Waals surface area contributed by atoms with Crippen molar-refractivity contribution in [3.63, 3.8) is 0 Å². The maximum absolute atomic E-state index is 10.4. The Bertz CT molecular complexity index is 171. The molecular weight excluding hydrogens is 169 g/mol. The molecule has 0 aromatic heterocycles. The van der Waals surface area contributed by atoms with Crippen LogP contribution in [-0.4, -0.2) is 26.5 Å². The third-order valence-electron chi connectivity index (χ3n) is 0.788. The quantitative estimate of drug-likeness (QED) is 0.475. The van der Waals surface area contributed by atoms with Crippen LogP contribution < -0.4 is 0 Å². The summed E-state index contributed by atoms with van der Waals surface area (Å²) in [6, 6.07) is 0. The minimum atomic E-state index is -0.162. The monoisotopic (exact) mass is 174 g/mol. The van der Waals surface area contributed by atoms with Crippen molar-refractivity contribution in [2.24, 2.45) is 4.99 Å². The first kappa shape index (κ1) is 5.73. The molecule has 1 rings (SSSR count). The van der Waals surface area contributed by atoms with Crippen LogP contribution in [0.3, 0.4) is 0 Å². The van der Waals surface area contributed by atoms with Gasteiger partial charge in [0.05, 0.1) is 0 Å². The van der Waals surface area contributed by atoms with Gasteiger partial charge in [-0.25, -0.2) is 0 Å². The van der Waals surface area contributed by atoms with Crippen molar-refractivity contribution in [3.05, 3.63) is 12.2 Å². The van der Waals surface area contributed by atoms with E-state index in [4.69, 9.17) is 0 Å². The number of hydrogen-bond acceptors (Lipinski definition) is 1. The van der Waals surface area contributed by atoms with E-state index in [0.29, 0.717) is 0 Å². The van der Waals surface area contributed by atoms with Crippen molar-refractivity contribution < 1.29 is 4.79 Å². The fourth-order valence-electron chi connectivity index (χ4n) is 0.466. The molecule has 0 saturated heterocycles. The van der Waals surface area contributed by atoms with Gasteiger partial charge in [0.25, 0.3) is 0 Å². The average Bonchev–Trinajstić information content (AvgIpc) is 1.64. The van der Waals surface area contributed by atoms with Crippen LogP contribution in [0.4, 0.5) is 0 Å². The summed E-state index contributed by atoms with van der Waals surface area (Å²) in [6.45, 7) is 0.